The van der Waals surface area contributed by atoms with Crippen LogP contribution in [0.15, 0.2) is 41.4 Å². The molecule has 0 spiro atoms. The van der Waals surface area contributed by atoms with Gasteiger partial charge in [0, 0.05) is 32.2 Å². The minimum atomic E-state index is 0.0928. The van der Waals surface area contributed by atoms with Gasteiger partial charge in [0.1, 0.15) is 10.8 Å². The van der Waals surface area contributed by atoms with Crippen molar-refractivity contribution in [2.45, 2.75) is 43.2 Å². The summed E-state index contributed by atoms with van der Waals surface area (Å²) in [6.45, 7) is 3.56. The van der Waals surface area contributed by atoms with Gasteiger partial charge in [-0.2, -0.15) is 0 Å². The van der Waals surface area contributed by atoms with Crippen molar-refractivity contribution in [3.8, 4) is 5.75 Å². The molecule has 1 amide bonds. The van der Waals surface area contributed by atoms with E-state index in [4.69, 9.17) is 4.74 Å². The molecule has 166 valence electrons. The molecule has 8 heteroatoms. The number of ether oxygens (including phenoxy) is 1. The number of benzene rings is 1. The minimum Gasteiger partial charge on any atom is -0.495 e. The molecule has 2 aromatic rings. The smallest absolute Gasteiger partial charge is 0.230 e. The molecule has 1 aliphatic carbocycles. The number of anilines is 2. The molecule has 1 saturated carbocycles. The van der Waals surface area contributed by atoms with E-state index in [-0.39, 0.29) is 5.91 Å². The minimum absolute atomic E-state index is 0.0928. The SMILES string of the molecule is COc1ccccc1N1CCN(c2ccc(SCC(=O)NC3CCCCC3)nn2)CC1. The molecule has 2 fully saturated rings. The normalized spacial score (nSPS) is 17.5. The summed E-state index contributed by atoms with van der Waals surface area (Å²) in [5.74, 6) is 2.28. The van der Waals surface area contributed by atoms with Gasteiger partial charge in [0.25, 0.3) is 0 Å². The van der Waals surface area contributed by atoms with E-state index in [1.165, 1.54) is 31.0 Å². The number of thioether (sulfide) groups is 1. The summed E-state index contributed by atoms with van der Waals surface area (Å²) in [5, 5.41) is 12.7. The summed E-state index contributed by atoms with van der Waals surface area (Å²) < 4.78 is 5.50. The fourth-order valence-corrected chi connectivity index (χ4v) is 4.91. The van der Waals surface area contributed by atoms with Crippen LogP contribution in [0.5, 0.6) is 5.75 Å². The number of hydrogen-bond donors (Lipinski definition) is 1. The molecule has 4 rings (SSSR count). The fraction of sp³-hybridized carbons (Fsp3) is 0.522. The number of carbonyl (C=O) groups is 1. The Kier molecular flexibility index (Phi) is 7.51. The lowest BCUT2D eigenvalue weighted by Crippen LogP contribution is -2.47. The van der Waals surface area contributed by atoms with E-state index < -0.39 is 0 Å². The van der Waals surface area contributed by atoms with Crippen molar-refractivity contribution in [3.63, 3.8) is 0 Å². The van der Waals surface area contributed by atoms with E-state index in [0.717, 1.165) is 61.3 Å². The van der Waals surface area contributed by atoms with Crippen molar-refractivity contribution in [1.29, 1.82) is 0 Å². The highest BCUT2D eigenvalue weighted by molar-refractivity contribution is 7.99. The van der Waals surface area contributed by atoms with Crippen molar-refractivity contribution in [3.05, 3.63) is 36.4 Å². The van der Waals surface area contributed by atoms with Crippen molar-refractivity contribution in [2.24, 2.45) is 0 Å². The highest BCUT2D eigenvalue weighted by Crippen LogP contribution is 2.29. The van der Waals surface area contributed by atoms with Gasteiger partial charge < -0.3 is 19.9 Å². The van der Waals surface area contributed by atoms with Gasteiger partial charge in [0.05, 0.1) is 18.6 Å². The Balaban J connectivity index is 1.24. The number of nitrogens with one attached hydrogen (secondary N) is 1. The van der Waals surface area contributed by atoms with Crippen molar-refractivity contribution < 1.29 is 9.53 Å². The Morgan fingerprint density at radius 3 is 2.48 bits per heavy atom. The molecular formula is C23H31N5O2S. The average molecular weight is 442 g/mol. The largest absolute Gasteiger partial charge is 0.495 e. The number of aromatic nitrogens is 2. The number of hydrogen-bond acceptors (Lipinski definition) is 7. The highest BCUT2D eigenvalue weighted by Gasteiger charge is 2.21. The zero-order valence-corrected chi connectivity index (χ0v) is 18.9. The predicted molar refractivity (Wildman–Crippen MR) is 125 cm³/mol. The van der Waals surface area contributed by atoms with Crippen LogP contribution >= 0.6 is 11.8 Å². The Labute approximate surface area is 188 Å². The Morgan fingerprint density at radius 1 is 1.03 bits per heavy atom. The molecular weight excluding hydrogens is 410 g/mol. The summed E-state index contributed by atoms with van der Waals surface area (Å²) in [6, 6.07) is 12.5. The molecule has 1 aliphatic heterocycles. The fourth-order valence-electron chi connectivity index (χ4n) is 4.28. The van der Waals surface area contributed by atoms with E-state index in [0.29, 0.717) is 11.8 Å². The molecule has 1 aromatic heterocycles. The Hall–Kier alpha value is -2.48. The number of para-hydroxylation sites is 2. The van der Waals surface area contributed by atoms with Crippen molar-refractivity contribution in [2.75, 3.05) is 48.8 Å². The first kappa shape index (κ1) is 21.7. The van der Waals surface area contributed by atoms with Crippen LogP contribution < -0.4 is 19.9 Å². The van der Waals surface area contributed by atoms with E-state index in [1.54, 1.807) is 7.11 Å². The van der Waals surface area contributed by atoms with Gasteiger partial charge in [-0.15, -0.1) is 10.2 Å². The summed E-state index contributed by atoms with van der Waals surface area (Å²) >= 11 is 1.45. The van der Waals surface area contributed by atoms with Crippen LogP contribution in [0, 0.1) is 0 Å². The van der Waals surface area contributed by atoms with Gasteiger partial charge in [0.2, 0.25) is 5.91 Å². The third kappa shape index (κ3) is 5.81. The second-order valence-electron chi connectivity index (χ2n) is 8.07. The molecule has 2 heterocycles. The number of methoxy groups -OCH3 is 1. The summed E-state index contributed by atoms with van der Waals surface area (Å²) in [5.41, 5.74) is 1.13. The third-order valence-electron chi connectivity index (χ3n) is 5.98. The van der Waals surface area contributed by atoms with Crippen LogP contribution in [0.25, 0.3) is 0 Å². The van der Waals surface area contributed by atoms with Crippen LogP contribution in [0.2, 0.25) is 0 Å². The first-order chi connectivity index (χ1) is 15.2. The summed E-state index contributed by atoms with van der Waals surface area (Å²) in [4.78, 5) is 16.8. The van der Waals surface area contributed by atoms with Crippen LogP contribution in [-0.2, 0) is 4.79 Å². The molecule has 2 aliphatic rings. The van der Waals surface area contributed by atoms with Crippen LogP contribution in [-0.4, -0.2) is 61.2 Å². The lowest BCUT2D eigenvalue weighted by Gasteiger charge is -2.37. The maximum absolute atomic E-state index is 12.2. The van der Waals surface area contributed by atoms with E-state index in [2.05, 4.69) is 31.4 Å². The molecule has 31 heavy (non-hydrogen) atoms. The maximum Gasteiger partial charge on any atom is 0.230 e. The van der Waals surface area contributed by atoms with E-state index in [9.17, 15) is 4.79 Å². The van der Waals surface area contributed by atoms with Crippen LogP contribution in [0.4, 0.5) is 11.5 Å². The summed E-state index contributed by atoms with van der Waals surface area (Å²) in [6.07, 6.45) is 5.94. The van der Waals surface area contributed by atoms with Crippen molar-refractivity contribution in [1.82, 2.24) is 15.5 Å². The van der Waals surface area contributed by atoms with Gasteiger partial charge >= 0.3 is 0 Å². The zero-order valence-electron chi connectivity index (χ0n) is 18.1. The van der Waals surface area contributed by atoms with E-state index in [1.807, 2.05) is 30.3 Å². The first-order valence-corrected chi connectivity index (χ1v) is 12.1. The number of nitrogens with zero attached hydrogens (tertiary/aromatic N) is 4. The zero-order chi connectivity index (χ0) is 21.5. The topological polar surface area (TPSA) is 70.6 Å². The average Bonchev–Trinajstić information content (AvgIpc) is 2.84. The molecule has 7 nitrogen and oxygen atoms in total. The molecule has 0 bridgehead atoms. The number of rotatable bonds is 7. The molecule has 0 atom stereocenters. The summed E-state index contributed by atoms with van der Waals surface area (Å²) in [7, 11) is 1.71. The predicted octanol–water partition coefficient (Wildman–Crippen LogP) is 3.35. The van der Waals surface area contributed by atoms with Gasteiger partial charge in [-0.1, -0.05) is 43.2 Å². The van der Waals surface area contributed by atoms with E-state index >= 15 is 0 Å². The number of piperazine rings is 1. The van der Waals surface area contributed by atoms with Crippen LogP contribution in [0.1, 0.15) is 32.1 Å². The third-order valence-corrected chi connectivity index (χ3v) is 6.90. The Bertz CT molecular complexity index is 849. The lowest BCUT2D eigenvalue weighted by atomic mass is 9.95. The molecule has 1 N–H and O–H groups in total. The second-order valence-corrected chi connectivity index (χ2v) is 9.06. The molecule has 0 unspecified atom stereocenters. The van der Waals surface area contributed by atoms with Crippen LogP contribution in [0.3, 0.4) is 0 Å². The van der Waals surface area contributed by atoms with Gasteiger partial charge in [0.15, 0.2) is 5.82 Å². The standard InChI is InChI=1S/C23H31N5O2S/c1-30-20-10-6-5-9-19(20)27-13-15-28(16-14-27)21-11-12-23(26-25-21)31-17-22(29)24-18-7-3-2-4-8-18/h5-6,9-12,18H,2-4,7-8,13-17H2,1H3,(H,24,29). The van der Waals surface area contributed by atoms with Gasteiger partial charge in [-0.3, -0.25) is 4.79 Å². The monoisotopic (exact) mass is 441 g/mol. The van der Waals surface area contributed by atoms with Gasteiger partial charge in [-0.25, -0.2) is 0 Å². The number of carbonyl (C=O) groups excluding carboxylic acids is 1. The quantitative estimate of drug-likeness (QED) is 0.661. The molecule has 1 saturated heterocycles. The van der Waals surface area contributed by atoms with Gasteiger partial charge in [-0.05, 0) is 37.1 Å². The molecule has 0 radical (unpaired) electrons. The first-order valence-electron chi connectivity index (χ1n) is 11.1. The number of amides is 1. The lowest BCUT2D eigenvalue weighted by molar-refractivity contribution is -0.119. The van der Waals surface area contributed by atoms with Crippen molar-refractivity contribution >= 4 is 29.2 Å². The second kappa shape index (κ2) is 10.7. The maximum atomic E-state index is 12.2. The molecule has 1 aromatic carbocycles. The highest BCUT2D eigenvalue weighted by atomic mass is 32.2. The Morgan fingerprint density at radius 2 is 1.77 bits per heavy atom.